The van der Waals surface area contributed by atoms with E-state index in [0.29, 0.717) is 6.04 Å². The molecule has 0 saturated heterocycles. The third kappa shape index (κ3) is 2.76. The molecule has 0 aliphatic rings. The van der Waals surface area contributed by atoms with Crippen LogP contribution in [0, 0.1) is 13.8 Å². The van der Waals surface area contributed by atoms with Gasteiger partial charge in [0, 0.05) is 10.9 Å². The number of nitrogens with one attached hydrogen (secondary N) is 1. The van der Waals surface area contributed by atoms with Crippen LogP contribution in [-0.4, -0.2) is 4.98 Å². The molecule has 2 rings (SSSR count). The quantitative estimate of drug-likeness (QED) is 0.897. The molecule has 92 valence electrons. The van der Waals surface area contributed by atoms with Crippen molar-refractivity contribution in [2.24, 2.45) is 0 Å². The van der Waals surface area contributed by atoms with Crippen LogP contribution in [0.25, 0.3) is 0 Å². The van der Waals surface area contributed by atoms with Gasteiger partial charge in [-0.2, -0.15) is 0 Å². The fraction of sp³-hybridized carbons (Fsp3) is 0.462. The standard InChI is InChI=1S/C13H18N2OS/c1-8-5-6-12(16-8)9(2)15-11(4)13-10(3)14-7-17-13/h5-7,9,11,15H,1-4H3. The van der Waals surface area contributed by atoms with E-state index in [4.69, 9.17) is 4.42 Å². The maximum absolute atomic E-state index is 5.62. The summed E-state index contributed by atoms with van der Waals surface area (Å²) in [5.41, 5.74) is 3.00. The third-order valence-corrected chi connectivity index (χ3v) is 3.98. The molecule has 0 aromatic carbocycles. The largest absolute Gasteiger partial charge is 0.465 e. The van der Waals surface area contributed by atoms with Crippen molar-refractivity contribution in [1.29, 1.82) is 0 Å². The molecule has 0 aliphatic carbocycles. The van der Waals surface area contributed by atoms with Gasteiger partial charge in [0.15, 0.2) is 0 Å². The Morgan fingerprint density at radius 1 is 1.24 bits per heavy atom. The fourth-order valence-corrected chi connectivity index (χ4v) is 2.77. The number of aryl methyl sites for hydroxylation is 2. The molecule has 2 aromatic rings. The van der Waals surface area contributed by atoms with Crippen molar-refractivity contribution >= 4 is 11.3 Å². The van der Waals surface area contributed by atoms with Crippen LogP contribution in [0.1, 0.15) is 48.0 Å². The number of aromatic nitrogens is 1. The van der Waals surface area contributed by atoms with Crippen LogP contribution in [-0.2, 0) is 0 Å². The van der Waals surface area contributed by atoms with Crippen molar-refractivity contribution < 1.29 is 4.42 Å². The molecule has 1 N–H and O–H groups in total. The SMILES string of the molecule is Cc1ccc(C(C)NC(C)c2scnc2C)o1. The molecule has 0 radical (unpaired) electrons. The molecule has 0 aliphatic heterocycles. The van der Waals surface area contributed by atoms with E-state index in [1.165, 1.54) is 4.88 Å². The van der Waals surface area contributed by atoms with Gasteiger partial charge in [-0.1, -0.05) is 0 Å². The second kappa shape index (κ2) is 5.02. The molecule has 4 heteroatoms. The van der Waals surface area contributed by atoms with E-state index < -0.39 is 0 Å². The lowest BCUT2D eigenvalue weighted by molar-refractivity contribution is 0.393. The van der Waals surface area contributed by atoms with E-state index in [1.54, 1.807) is 11.3 Å². The molecule has 3 nitrogen and oxygen atoms in total. The van der Waals surface area contributed by atoms with E-state index in [-0.39, 0.29) is 6.04 Å². The lowest BCUT2D eigenvalue weighted by Gasteiger charge is -2.17. The lowest BCUT2D eigenvalue weighted by Crippen LogP contribution is -2.22. The van der Waals surface area contributed by atoms with Crippen LogP contribution in [0.15, 0.2) is 22.1 Å². The Morgan fingerprint density at radius 2 is 2.00 bits per heavy atom. The predicted octanol–water partition coefficient (Wildman–Crippen LogP) is 3.76. The summed E-state index contributed by atoms with van der Waals surface area (Å²) < 4.78 is 5.62. The van der Waals surface area contributed by atoms with E-state index in [1.807, 2.05) is 31.5 Å². The fourth-order valence-electron chi connectivity index (χ4n) is 1.95. The molecule has 0 bridgehead atoms. The molecule has 17 heavy (non-hydrogen) atoms. The van der Waals surface area contributed by atoms with Crippen LogP contribution < -0.4 is 5.32 Å². The smallest absolute Gasteiger partial charge is 0.120 e. The van der Waals surface area contributed by atoms with E-state index in [0.717, 1.165) is 17.2 Å². The minimum Gasteiger partial charge on any atom is -0.465 e. The molecule has 0 saturated carbocycles. The first-order chi connectivity index (χ1) is 8.08. The zero-order chi connectivity index (χ0) is 12.4. The Labute approximate surface area is 106 Å². The van der Waals surface area contributed by atoms with Gasteiger partial charge in [0.05, 0.1) is 17.2 Å². The third-order valence-electron chi connectivity index (χ3n) is 2.86. The Balaban J connectivity index is 2.04. The molecule has 2 unspecified atom stereocenters. The minimum atomic E-state index is 0.209. The summed E-state index contributed by atoms with van der Waals surface area (Å²) in [6, 6.07) is 4.53. The number of thiazole rings is 1. The van der Waals surface area contributed by atoms with E-state index in [9.17, 15) is 0 Å². The van der Waals surface area contributed by atoms with Gasteiger partial charge in [-0.05, 0) is 39.8 Å². The number of furan rings is 1. The Bertz CT molecular complexity index is 489. The maximum atomic E-state index is 5.62. The summed E-state index contributed by atoms with van der Waals surface area (Å²) in [5.74, 6) is 1.94. The maximum Gasteiger partial charge on any atom is 0.120 e. The summed E-state index contributed by atoms with van der Waals surface area (Å²) >= 11 is 1.70. The first-order valence-corrected chi connectivity index (χ1v) is 6.68. The summed E-state index contributed by atoms with van der Waals surface area (Å²) in [6.07, 6.45) is 0. The molecular formula is C13H18N2OS. The Morgan fingerprint density at radius 3 is 2.53 bits per heavy atom. The molecule has 0 fully saturated rings. The molecule has 2 atom stereocenters. The highest BCUT2D eigenvalue weighted by Gasteiger charge is 2.16. The van der Waals surface area contributed by atoms with Crippen molar-refractivity contribution in [1.82, 2.24) is 10.3 Å². The van der Waals surface area contributed by atoms with Gasteiger partial charge < -0.3 is 9.73 Å². The highest BCUT2D eigenvalue weighted by atomic mass is 32.1. The predicted molar refractivity (Wildman–Crippen MR) is 70.3 cm³/mol. The van der Waals surface area contributed by atoms with Gasteiger partial charge >= 0.3 is 0 Å². The number of hydrogen-bond donors (Lipinski definition) is 1. The van der Waals surface area contributed by atoms with Crippen molar-refractivity contribution in [2.75, 3.05) is 0 Å². The molecule has 0 amide bonds. The van der Waals surface area contributed by atoms with Crippen LogP contribution >= 0.6 is 11.3 Å². The first-order valence-electron chi connectivity index (χ1n) is 5.80. The average molecular weight is 250 g/mol. The van der Waals surface area contributed by atoms with E-state index >= 15 is 0 Å². The zero-order valence-electron chi connectivity index (χ0n) is 10.7. The number of rotatable bonds is 4. The van der Waals surface area contributed by atoms with Gasteiger partial charge in [-0.25, -0.2) is 4.98 Å². The molecule has 2 aromatic heterocycles. The summed E-state index contributed by atoms with van der Waals surface area (Å²) in [6.45, 7) is 8.29. The highest BCUT2D eigenvalue weighted by molar-refractivity contribution is 7.09. The normalized spacial score (nSPS) is 14.8. The Hall–Kier alpha value is -1.13. The zero-order valence-corrected chi connectivity index (χ0v) is 11.5. The summed E-state index contributed by atoms with van der Waals surface area (Å²) in [4.78, 5) is 5.57. The Kier molecular flexibility index (Phi) is 3.64. The average Bonchev–Trinajstić information content (AvgIpc) is 2.86. The number of nitrogens with zero attached hydrogens (tertiary/aromatic N) is 1. The second-order valence-corrected chi connectivity index (χ2v) is 5.25. The van der Waals surface area contributed by atoms with Crippen molar-refractivity contribution in [2.45, 2.75) is 39.8 Å². The molecule has 2 heterocycles. The second-order valence-electron chi connectivity index (χ2n) is 4.36. The van der Waals surface area contributed by atoms with Gasteiger partial charge in [0.1, 0.15) is 11.5 Å². The topological polar surface area (TPSA) is 38.1 Å². The van der Waals surface area contributed by atoms with Crippen molar-refractivity contribution in [3.8, 4) is 0 Å². The minimum absolute atomic E-state index is 0.209. The van der Waals surface area contributed by atoms with Gasteiger partial charge in [0.2, 0.25) is 0 Å². The van der Waals surface area contributed by atoms with Gasteiger partial charge in [-0.3, -0.25) is 0 Å². The van der Waals surface area contributed by atoms with Crippen LogP contribution in [0.2, 0.25) is 0 Å². The monoisotopic (exact) mass is 250 g/mol. The van der Waals surface area contributed by atoms with Crippen molar-refractivity contribution in [3.05, 3.63) is 39.7 Å². The highest BCUT2D eigenvalue weighted by Crippen LogP contribution is 2.25. The van der Waals surface area contributed by atoms with Crippen molar-refractivity contribution in [3.63, 3.8) is 0 Å². The van der Waals surface area contributed by atoms with Gasteiger partial charge in [-0.15, -0.1) is 11.3 Å². The summed E-state index contributed by atoms with van der Waals surface area (Å²) in [7, 11) is 0. The lowest BCUT2D eigenvalue weighted by atomic mass is 10.2. The number of hydrogen-bond acceptors (Lipinski definition) is 4. The van der Waals surface area contributed by atoms with Crippen LogP contribution in [0.3, 0.4) is 0 Å². The molecular weight excluding hydrogens is 232 g/mol. The van der Waals surface area contributed by atoms with Gasteiger partial charge in [0.25, 0.3) is 0 Å². The van der Waals surface area contributed by atoms with E-state index in [2.05, 4.69) is 24.1 Å². The van der Waals surface area contributed by atoms with Crippen LogP contribution in [0.4, 0.5) is 0 Å². The van der Waals surface area contributed by atoms with Crippen LogP contribution in [0.5, 0.6) is 0 Å². The first kappa shape index (κ1) is 12.3. The summed E-state index contributed by atoms with van der Waals surface area (Å²) in [5, 5.41) is 3.53. The molecule has 0 spiro atoms.